The number of amides is 1. The van der Waals surface area contributed by atoms with E-state index in [1.165, 1.54) is 25.0 Å². The van der Waals surface area contributed by atoms with E-state index in [-0.39, 0.29) is 43.3 Å². The van der Waals surface area contributed by atoms with Gasteiger partial charge in [0.05, 0.1) is 31.4 Å². The van der Waals surface area contributed by atoms with Gasteiger partial charge in [-0.2, -0.15) is 13.2 Å². The Morgan fingerprint density at radius 3 is 2.31 bits per heavy atom. The van der Waals surface area contributed by atoms with Crippen molar-refractivity contribution in [3.63, 3.8) is 0 Å². The normalized spacial score (nSPS) is 18.3. The molecule has 1 unspecified atom stereocenters. The summed E-state index contributed by atoms with van der Waals surface area (Å²) in [6.07, 6.45) is -1.91. The van der Waals surface area contributed by atoms with Crippen molar-refractivity contribution >= 4 is 30.7 Å². The van der Waals surface area contributed by atoms with E-state index in [0.717, 1.165) is 24.2 Å². The molecule has 1 amide bonds. The molecule has 1 aromatic rings. The highest BCUT2D eigenvalue weighted by Gasteiger charge is 2.31. The van der Waals surface area contributed by atoms with Crippen molar-refractivity contribution < 1.29 is 22.7 Å². The Morgan fingerprint density at radius 1 is 1.14 bits per heavy atom. The summed E-state index contributed by atoms with van der Waals surface area (Å²) in [4.78, 5) is 14.2. The summed E-state index contributed by atoms with van der Waals surface area (Å²) in [5.41, 5.74) is 0.0939. The van der Waals surface area contributed by atoms with E-state index in [9.17, 15) is 18.0 Å². The summed E-state index contributed by atoms with van der Waals surface area (Å²) in [5, 5.41) is 6.05. The lowest BCUT2D eigenvalue weighted by molar-refractivity contribution is -0.137. The number of ether oxygens (including phenoxy) is 1. The fourth-order valence-corrected chi connectivity index (χ4v) is 3.23. The first-order valence-corrected chi connectivity index (χ1v) is 9.40. The molecular weight excluding hydrogens is 430 g/mol. The Bertz CT molecular complexity index is 622. The molecule has 1 atom stereocenters. The van der Waals surface area contributed by atoms with Gasteiger partial charge in [-0.05, 0) is 43.0 Å². The number of morpholine rings is 1. The first kappa shape index (κ1) is 26.0. The number of rotatable bonds is 8. The summed E-state index contributed by atoms with van der Waals surface area (Å²) < 4.78 is 43.8. The van der Waals surface area contributed by atoms with Crippen molar-refractivity contribution in [1.82, 2.24) is 15.5 Å². The van der Waals surface area contributed by atoms with Crippen molar-refractivity contribution in [2.75, 3.05) is 45.9 Å². The standard InChI is InChI=1S/C19H26F3N3O2.2ClH/c20-19(21,22)16-5-3-15(4-6-16)17(25-7-9-27-10-8-25)12-24-18(26)13-23-11-14-1-2-14;;/h3-6,14,17,23H,1-2,7-13H2,(H,24,26);2*1H. The molecule has 1 saturated carbocycles. The van der Waals surface area contributed by atoms with Crippen LogP contribution in [0.25, 0.3) is 0 Å². The Labute approximate surface area is 181 Å². The van der Waals surface area contributed by atoms with Crippen LogP contribution in [0.1, 0.15) is 30.0 Å². The lowest BCUT2D eigenvalue weighted by Crippen LogP contribution is -2.45. The van der Waals surface area contributed by atoms with Crippen molar-refractivity contribution in [3.8, 4) is 0 Å². The SMILES string of the molecule is Cl.Cl.O=C(CNCC1CC1)NCC(c1ccc(C(F)(F)F)cc1)N1CCOCC1. The molecule has 1 aliphatic carbocycles. The van der Waals surface area contributed by atoms with Gasteiger partial charge in [0.25, 0.3) is 0 Å². The molecule has 3 rings (SSSR count). The molecule has 5 nitrogen and oxygen atoms in total. The van der Waals surface area contributed by atoms with Crippen LogP contribution in [0.5, 0.6) is 0 Å². The molecule has 0 aromatic heterocycles. The van der Waals surface area contributed by atoms with Crippen LogP contribution in [0.2, 0.25) is 0 Å². The first-order valence-electron chi connectivity index (χ1n) is 9.40. The third-order valence-electron chi connectivity index (χ3n) is 5.02. The maximum absolute atomic E-state index is 12.8. The lowest BCUT2D eigenvalue weighted by Gasteiger charge is -2.35. The average molecular weight is 458 g/mol. The van der Waals surface area contributed by atoms with Crippen LogP contribution in [0.15, 0.2) is 24.3 Å². The van der Waals surface area contributed by atoms with Crippen LogP contribution in [-0.2, 0) is 15.7 Å². The summed E-state index contributed by atoms with van der Waals surface area (Å²) in [6, 6.07) is 5.02. The molecule has 2 aliphatic rings. The molecule has 2 N–H and O–H groups in total. The molecule has 166 valence electrons. The first-order chi connectivity index (χ1) is 12.9. The van der Waals surface area contributed by atoms with E-state index < -0.39 is 11.7 Å². The molecule has 1 heterocycles. The van der Waals surface area contributed by atoms with E-state index in [4.69, 9.17) is 4.74 Å². The molecule has 0 spiro atoms. The number of hydrogen-bond donors (Lipinski definition) is 2. The monoisotopic (exact) mass is 457 g/mol. The van der Waals surface area contributed by atoms with Crippen molar-refractivity contribution in [2.24, 2.45) is 5.92 Å². The van der Waals surface area contributed by atoms with Gasteiger partial charge in [-0.3, -0.25) is 9.69 Å². The highest BCUT2D eigenvalue weighted by Crippen LogP contribution is 2.31. The molecule has 1 aromatic carbocycles. The second-order valence-electron chi connectivity index (χ2n) is 7.16. The van der Waals surface area contributed by atoms with Crippen LogP contribution in [0.4, 0.5) is 13.2 Å². The number of carbonyl (C=O) groups excluding carboxylic acids is 1. The van der Waals surface area contributed by atoms with Crippen LogP contribution < -0.4 is 10.6 Å². The average Bonchev–Trinajstić information content (AvgIpc) is 3.47. The minimum Gasteiger partial charge on any atom is -0.379 e. The van der Waals surface area contributed by atoms with Gasteiger partial charge in [-0.1, -0.05) is 12.1 Å². The van der Waals surface area contributed by atoms with Gasteiger partial charge in [0.15, 0.2) is 0 Å². The summed E-state index contributed by atoms with van der Waals surface area (Å²) >= 11 is 0. The van der Waals surface area contributed by atoms with Crippen molar-refractivity contribution in [3.05, 3.63) is 35.4 Å². The summed E-state index contributed by atoms with van der Waals surface area (Å²) in [5.74, 6) is 0.604. The number of benzene rings is 1. The quantitative estimate of drug-likeness (QED) is 0.629. The third kappa shape index (κ3) is 8.30. The minimum absolute atomic E-state index is 0. The number of nitrogens with zero attached hydrogens (tertiary/aromatic N) is 1. The predicted octanol–water partition coefficient (Wildman–Crippen LogP) is 3.04. The van der Waals surface area contributed by atoms with Gasteiger partial charge in [0.2, 0.25) is 5.91 Å². The fraction of sp³-hybridized carbons (Fsp3) is 0.632. The van der Waals surface area contributed by atoms with E-state index in [1.807, 2.05) is 0 Å². The molecule has 29 heavy (non-hydrogen) atoms. The number of halogens is 5. The highest BCUT2D eigenvalue weighted by atomic mass is 35.5. The van der Waals surface area contributed by atoms with Gasteiger partial charge in [-0.15, -0.1) is 24.8 Å². The van der Waals surface area contributed by atoms with Crippen molar-refractivity contribution in [2.45, 2.75) is 25.1 Å². The van der Waals surface area contributed by atoms with E-state index in [2.05, 4.69) is 15.5 Å². The fourth-order valence-electron chi connectivity index (χ4n) is 3.23. The van der Waals surface area contributed by atoms with E-state index >= 15 is 0 Å². The molecule has 10 heteroatoms. The second-order valence-corrected chi connectivity index (χ2v) is 7.16. The number of carbonyl (C=O) groups is 1. The molecule has 0 bridgehead atoms. The third-order valence-corrected chi connectivity index (χ3v) is 5.02. The smallest absolute Gasteiger partial charge is 0.379 e. The molecule has 2 fully saturated rings. The zero-order valence-electron chi connectivity index (χ0n) is 16.0. The van der Waals surface area contributed by atoms with Crippen LogP contribution in [0, 0.1) is 5.92 Å². The summed E-state index contributed by atoms with van der Waals surface area (Å²) in [6.45, 7) is 4.00. The van der Waals surface area contributed by atoms with Gasteiger partial charge >= 0.3 is 6.18 Å². The lowest BCUT2D eigenvalue weighted by atomic mass is 10.0. The second kappa shape index (κ2) is 12.0. The largest absolute Gasteiger partial charge is 0.416 e. The van der Waals surface area contributed by atoms with E-state index in [0.29, 0.717) is 38.8 Å². The maximum atomic E-state index is 12.8. The Balaban J connectivity index is 0.00000210. The number of hydrogen-bond acceptors (Lipinski definition) is 4. The van der Waals surface area contributed by atoms with Gasteiger partial charge in [0, 0.05) is 19.6 Å². The topological polar surface area (TPSA) is 53.6 Å². The molecule has 0 radical (unpaired) electrons. The number of alkyl halides is 3. The van der Waals surface area contributed by atoms with Gasteiger partial charge < -0.3 is 15.4 Å². The minimum atomic E-state index is -4.35. The highest BCUT2D eigenvalue weighted by molar-refractivity contribution is 5.85. The van der Waals surface area contributed by atoms with E-state index in [1.54, 1.807) is 0 Å². The van der Waals surface area contributed by atoms with Gasteiger partial charge in [0.1, 0.15) is 0 Å². The van der Waals surface area contributed by atoms with Gasteiger partial charge in [-0.25, -0.2) is 0 Å². The van der Waals surface area contributed by atoms with Crippen molar-refractivity contribution in [1.29, 1.82) is 0 Å². The maximum Gasteiger partial charge on any atom is 0.416 e. The molecule has 1 saturated heterocycles. The Kier molecular flexibility index (Phi) is 10.7. The Hall–Kier alpha value is -1.06. The van der Waals surface area contributed by atoms with Crippen LogP contribution in [0.3, 0.4) is 0 Å². The zero-order valence-corrected chi connectivity index (χ0v) is 17.7. The molecule has 1 aliphatic heterocycles. The predicted molar refractivity (Wildman–Crippen MR) is 110 cm³/mol. The molecular formula is C19H28Cl2F3N3O2. The number of nitrogens with one attached hydrogen (secondary N) is 2. The Morgan fingerprint density at radius 2 is 1.76 bits per heavy atom. The zero-order chi connectivity index (χ0) is 19.3. The summed E-state index contributed by atoms with van der Waals surface area (Å²) in [7, 11) is 0. The van der Waals surface area contributed by atoms with Crippen LogP contribution in [-0.4, -0.2) is 56.7 Å². The van der Waals surface area contributed by atoms with Crippen LogP contribution >= 0.6 is 24.8 Å².